The summed E-state index contributed by atoms with van der Waals surface area (Å²) in [6, 6.07) is 8.46. The number of phenolic OH excluding ortho intramolecular Hbond substituents is 1. The molecule has 148 valence electrons. The molecule has 1 aromatic heterocycles. The Morgan fingerprint density at radius 3 is 2.89 bits per heavy atom. The van der Waals surface area contributed by atoms with E-state index in [1.807, 2.05) is 24.4 Å². The minimum absolute atomic E-state index is 0.243. The highest BCUT2D eigenvalue weighted by Gasteiger charge is 2.41. The molecule has 2 saturated heterocycles. The number of benzene rings is 1. The first kappa shape index (κ1) is 17.9. The molecule has 5 rings (SSSR count). The largest absolute Gasteiger partial charge is 0.508 e. The van der Waals surface area contributed by atoms with Gasteiger partial charge in [-0.15, -0.1) is 0 Å². The molecule has 3 aliphatic rings. The molecule has 6 nitrogen and oxygen atoms in total. The zero-order chi connectivity index (χ0) is 19.1. The zero-order valence-corrected chi connectivity index (χ0v) is 16.2. The Kier molecular flexibility index (Phi) is 4.69. The van der Waals surface area contributed by atoms with E-state index in [9.17, 15) is 10.2 Å². The fraction of sp³-hybridized carbons (Fsp3) is 0.545. The third-order valence-corrected chi connectivity index (χ3v) is 6.72. The molecule has 4 heterocycles. The third-order valence-electron chi connectivity index (χ3n) is 6.72. The molecule has 0 amide bonds. The van der Waals surface area contributed by atoms with E-state index in [-0.39, 0.29) is 6.61 Å². The summed E-state index contributed by atoms with van der Waals surface area (Å²) in [5.41, 5.74) is 3.43. The molecule has 2 bridgehead atoms. The lowest BCUT2D eigenvalue weighted by Crippen LogP contribution is -2.40. The number of anilines is 1. The Morgan fingerprint density at radius 1 is 1.14 bits per heavy atom. The molecule has 0 radical (unpaired) electrons. The number of piperidine rings is 1. The molecule has 6 heteroatoms. The molecule has 28 heavy (non-hydrogen) atoms. The van der Waals surface area contributed by atoms with Gasteiger partial charge in [-0.1, -0.05) is 18.2 Å². The van der Waals surface area contributed by atoms with Crippen molar-refractivity contribution in [2.45, 2.75) is 50.7 Å². The minimum Gasteiger partial charge on any atom is -0.508 e. The number of hydrogen-bond acceptors (Lipinski definition) is 6. The van der Waals surface area contributed by atoms with Gasteiger partial charge in [-0.3, -0.25) is 4.90 Å². The van der Waals surface area contributed by atoms with Gasteiger partial charge in [0.2, 0.25) is 5.95 Å². The molecular weight excluding hydrogens is 352 g/mol. The first-order valence-corrected chi connectivity index (χ1v) is 10.5. The third kappa shape index (κ3) is 3.14. The predicted octanol–water partition coefficient (Wildman–Crippen LogP) is 2.65. The van der Waals surface area contributed by atoms with Crippen molar-refractivity contribution in [2.75, 3.05) is 24.6 Å². The van der Waals surface area contributed by atoms with Crippen LogP contribution in [0.2, 0.25) is 0 Å². The van der Waals surface area contributed by atoms with E-state index in [1.54, 1.807) is 6.07 Å². The van der Waals surface area contributed by atoms with Crippen LogP contribution >= 0.6 is 0 Å². The van der Waals surface area contributed by atoms with Crippen molar-refractivity contribution in [2.24, 2.45) is 5.92 Å². The molecule has 0 unspecified atom stereocenters. The number of rotatable bonds is 4. The molecule has 1 aromatic carbocycles. The van der Waals surface area contributed by atoms with Crippen LogP contribution in [0.25, 0.3) is 0 Å². The fourth-order valence-corrected chi connectivity index (χ4v) is 5.20. The molecule has 2 fully saturated rings. The van der Waals surface area contributed by atoms with E-state index in [1.165, 1.54) is 17.7 Å². The first-order valence-electron chi connectivity index (χ1n) is 10.5. The average Bonchev–Trinajstić information content (AvgIpc) is 3.01. The van der Waals surface area contributed by atoms with E-state index in [4.69, 9.17) is 9.97 Å². The van der Waals surface area contributed by atoms with Crippen molar-refractivity contribution in [3.63, 3.8) is 0 Å². The van der Waals surface area contributed by atoms with E-state index in [0.717, 1.165) is 56.8 Å². The monoisotopic (exact) mass is 380 g/mol. The van der Waals surface area contributed by atoms with Crippen molar-refractivity contribution in [1.29, 1.82) is 0 Å². The van der Waals surface area contributed by atoms with Gasteiger partial charge in [-0.25, -0.2) is 9.97 Å². The van der Waals surface area contributed by atoms with Crippen LogP contribution in [-0.4, -0.2) is 50.8 Å². The summed E-state index contributed by atoms with van der Waals surface area (Å²) < 4.78 is 0. The van der Waals surface area contributed by atoms with Gasteiger partial charge in [0.25, 0.3) is 0 Å². The van der Waals surface area contributed by atoms with E-state index < -0.39 is 0 Å². The Bertz CT molecular complexity index is 858. The molecule has 2 N–H and O–H groups in total. The number of aliphatic hydroxyl groups is 1. The van der Waals surface area contributed by atoms with Gasteiger partial charge in [-0.05, 0) is 37.7 Å². The SMILES string of the molecule is OC[C@H]1CCCN(c2ncc3c(n2)C[C@H]2CC[C@H]3N2Cc2ccccc2O)C1. The summed E-state index contributed by atoms with van der Waals surface area (Å²) in [5.74, 6) is 1.53. The number of fused-ring (bicyclic) bond motifs is 4. The van der Waals surface area contributed by atoms with Gasteiger partial charge >= 0.3 is 0 Å². The molecule has 0 saturated carbocycles. The van der Waals surface area contributed by atoms with Crippen molar-refractivity contribution >= 4 is 5.95 Å². The lowest BCUT2D eigenvalue weighted by atomic mass is 9.98. The number of aliphatic hydroxyl groups excluding tert-OH is 1. The summed E-state index contributed by atoms with van der Waals surface area (Å²) >= 11 is 0. The molecule has 0 aliphatic carbocycles. The summed E-state index contributed by atoms with van der Waals surface area (Å²) in [7, 11) is 0. The highest BCUT2D eigenvalue weighted by molar-refractivity contribution is 5.38. The average molecular weight is 380 g/mol. The van der Waals surface area contributed by atoms with Crippen molar-refractivity contribution < 1.29 is 10.2 Å². The number of para-hydroxylation sites is 1. The molecule has 3 aliphatic heterocycles. The maximum Gasteiger partial charge on any atom is 0.225 e. The van der Waals surface area contributed by atoms with Crippen LogP contribution in [0.4, 0.5) is 5.95 Å². The van der Waals surface area contributed by atoms with Gasteiger partial charge < -0.3 is 15.1 Å². The number of aromatic hydroxyl groups is 1. The van der Waals surface area contributed by atoms with Gasteiger partial charge in [0.15, 0.2) is 0 Å². The zero-order valence-electron chi connectivity index (χ0n) is 16.2. The molecule has 3 atom stereocenters. The first-order chi connectivity index (χ1) is 13.7. The quantitative estimate of drug-likeness (QED) is 0.850. The highest BCUT2D eigenvalue weighted by Crippen LogP contribution is 2.44. The molecule has 0 spiro atoms. The van der Waals surface area contributed by atoms with Gasteiger partial charge in [-0.2, -0.15) is 0 Å². The maximum absolute atomic E-state index is 10.2. The highest BCUT2D eigenvalue weighted by atomic mass is 16.3. The summed E-state index contributed by atoms with van der Waals surface area (Å²) in [5, 5.41) is 19.7. The second-order valence-corrected chi connectivity index (χ2v) is 8.46. The van der Waals surface area contributed by atoms with Crippen LogP contribution in [-0.2, 0) is 13.0 Å². The summed E-state index contributed by atoms with van der Waals surface area (Å²) in [4.78, 5) is 14.4. The topological polar surface area (TPSA) is 72.7 Å². The second kappa shape index (κ2) is 7.33. The molecular formula is C22H28N4O2. The predicted molar refractivity (Wildman–Crippen MR) is 107 cm³/mol. The fourth-order valence-electron chi connectivity index (χ4n) is 5.20. The number of phenols is 1. The summed E-state index contributed by atoms with van der Waals surface area (Å²) in [6.07, 6.45) is 7.45. The van der Waals surface area contributed by atoms with Crippen LogP contribution < -0.4 is 4.90 Å². The smallest absolute Gasteiger partial charge is 0.225 e. The van der Waals surface area contributed by atoms with Crippen molar-refractivity contribution in [3.8, 4) is 5.75 Å². The van der Waals surface area contributed by atoms with Crippen LogP contribution in [0, 0.1) is 5.92 Å². The summed E-state index contributed by atoms with van der Waals surface area (Å²) in [6.45, 7) is 2.84. The Morgan fingerprint density at radius 2 is 2.04 bits per heavy atom. The van der Waals surface area contributed by atoms with E-state index in [2.05, 4.69) is 9.80 Å². The number of nitrogens with zero attached hydrogens (tertiary/aromatic N) is 4. The van der Waals surface area contributed by atoms with Gasteiger partial charge in [0.1, 0.15) is 5.75 Å². The van der Waals surface area contributed by atoms with Crippen LogP contribution in [0.5, 0.6) is 5.75 Å². The lowest BCUT2D eigenvalue weighted by Gasteiger charge is -2.37. The van der Waals surface area contributed by atoms with Crippen molar-refractivity contribution in [1.82, 2.24) is 14.9 Å². The normalized spacial score (nSPS) is 27.0. The Labute approximate surface area is 165 Å². The van der Waals surface area contributed by atoms with Gasteiger partial charge in [0.05, 0.1) is 5.69 Å². The van der Waals surface area contributed by atoms with E-state index >= 15 is 0 Å². The Hall–Kier alpha value is -2.18. The standard InChI is InChI=1S/C22H28N4O2/c27-14-15-4-3-9-25(12-15)22-23-11-18-19(24-22)10-17-7-8-20(18)26(17)13-16-5-1-2-6-21(16)28/h1-2,5-6,11,15,17,20,27-28H,3-4,7-10,12-14H2/t15-,17+,20+/m0/s1. The number of aromatic nitrogens is 2. The molecule has 2 aromatic rings. The maximum atomic E-state index is 10.2. The van der Waals surface area contributed by atoms with Crippen LogP contribution in [0.1, 0.15) is 48.5 Å². The van der Waals surface area contributed by atoms with Crippen LogP contribution in [0.3, 0.4) is 0 Å². The minimum atomic E-state index is 0.243. The van der Waals surface area contributed by atoms with Crippen LogP contribution in [0.15, 0.2) is 30.5 Å². The number of hydrogen-bond donors (Lipinski definition) is 2. The lowest BCUT2D eigenvalue weighted by molar-refractivity contribution is 0.164. The van der Waals surface area contributed by atoms with E-state index in [0.29, 0.717) is 23.8 Å². The second-order valence-electron chi connectivity index (χ2n) is 8.46. The van der Waals surface area contributed by atoms with Crippen molar-refractivity contribution in [3.05, 3.63) is 47.3 Å². The Balaban J connectivity index is 1.38. The van der Waals surface area contributed by atoms with Gasteiger partial charge in [0, 0.05) is 62.1 Å².